The molecule has 0 radical (unpaired) electrons. The molecular formula is C10H11BrN4O. The first-order chi connectivity index (χ1) is 7.54. The highest BCUT2D eigenvalue weighted by Crippen LogP contribution is 2.18. The van der Waals surface area contributed by atoms with Crippen LogP contribution in [0.4, 0.5) is 5.69 Å². The van der Waals surface area contributed by atoms with Gasteiger partial charge in [0, 0.05) is 4.47 Å². The number of hydrogen-bond acceptors (Lipinski definition) is 4. The molecule has 0 fully saturated rings. The minimum absolute atomic E-state index is 0.0234. The summed E-state index contributed by atoms with van der Waals surface area (Å²) in [6.45, 7) is 1.45. The zero-order chi connectivity index (χ0) is 12.1. The third-order valence-electron chi connectivity index (χ3n) is 1.77. The number of halogens is 1. The monoisotopic (exact) mass is 282 g/mol. The number of nitrogens with zero attached hydrogens (tertiary/aromatic N) is 1. The van der Waals surface area contributed by atoms with Crippen molar-refractivity contribution in [1.29, 1.82) is 10.8 Å². The average Bonchev–Trinajstić information content (AvgIpc) is 2.25. The Morgan fingerprint density at radius 2 is 2.12 bits per heavy atom. The molecule has 0 aliphatic heterocycles. The Bertz CT molecular complexity index is 456. The fraction of sp³-hybridized carbons (Fsp3) is 0.100. The Hall–Kier alpha value is -1.53. The largest absolute Gasteiger partial charge is 0.303 e. The Balaban J connectivity index is 3.05. The van der Waals surface area contributed by atoms with Crippen LogP contribution in [0.3, 0.4) is 0 Å². The van der Waals surface area contributed by atoms with Gasteiger partial charge in [0.2, 0.25) is 0 Å². The van der Waals surface area contributed by atoms with E-state index in [0.29, 0.717) is 5.69 Å². The van der Waals surface area contributed by atoms with Gasteiger partial charge in [-0.25, -0.2) is 4.99 Å². The van der Waals surface area contributed by atoms with E-state index in [1.165, 1.54) is 6.92 Å². The van der Waals surface area contributed by atoms with Gasteiger partial charge in [-0.2, -0.15) is 0 Å². The molecule has 0 unspecified atom stereocenters. The number of amidine groups is 1. The van der Waals surface area contributed by atoms with Crippen molar-refractivity contribution in [2.24, 2.45) is 4.99 Å². The highest BCUT2D eigenvalue weighted by molar-refractivity contribution is 9.10. The zero-order valence-corrected chi connectivity index (χ0v) is 10.2. The first kappa shape index (κ1) is 12.5. The van der Waals surface area contributed by atoms with E-state index in [1.807, 2.05) is 11.5 Å². The first-order valence-electron chi connectivity index (χ1n) is 4.43. The molecule has 0 heterocycles. The van der Waals surface area contributed by atoms with Gasteiger partial charge in [0.15, 0.2) is 5.84 Å². The summed E-state index contributed by atoms with van der Waals surface area (Å²) in [7, 11) is 0. The number of rotatable bonds is 3. The van der Waals surface area contributed by atoms with E-state index >= 15 is 0 Å². The highest BCUT2D eigenvalue weighted by atomic mass is 79.9. The topological polar surface area (TPSA) is 92.3 Å². The van der Waals surface area contributed by atoms with Crippen LogP contribution >= 0.6 is 15.9 Å². The van der Waals surface area contributed by atoms with E-state index < -0.39 is 0 Å². The van der Waals surface area contributed by atoms with Crippen molar-refractivity contribution in [1.82, 2.24) is 5.48 Å². The lowest BCUT2D eigenvalue weighted by molar-refractivity contribution is 0.237. The summed E-state index contributed by atoms with van der Waals surface area (Å²) in [5.74, 6) is -0.0504. The van der Waals surface area contributed by atoms with Crippen LogP contribution < -0.4 is 5.48 Å². The lowest BCUT2D eigenvalue weighted by Crippen LogP contribution is -2.31. The van der Waals surface area contributed by atoms with Crippen LogP contribution in [0, 0.1) is 10.8 Å². The van der Waals surface area contributed by atoms with Crippen LogP contribution in [0.5, 0.6) is 0 Å². The lowest BCUT2D eigenvalue weighted by atomic mass is 10.2. The summed E-state index contributed by atoms with van der Waals surface area (Å²) in [6, 6.07) is 7.11. The molecule has 1 aromatic rings. The van der Waals surface area contributed by atoms with Gasteiger partial charge in [-0.15, -0.1) is 0 Å². The van der Waals surface area contributed by atoms with Gasteiger partial charge in [-0.3, -0.25) is 16.1 Å². The Morgan fingerprint density at radius 3 is 2.62 bits per heavy atom. The normalized spacial score (nSPS) is 11.1. The second-order valence-electron chi connectivity index (χ2n) is 3.05. The second-order valence-corrected chi connectivity index (χ2v) is 3.97. The van der Waals surface area contributed by atoms with E-state index in [-0.39, 0.29) is 17.3 Å². The Kier molecular flexibility index (Phi) is 4.33. The minimum atomic E-state index is -0.150. The molecule has 0 saturated heterocycles. The van der Waals surface area contributed by atoms with Crippen molar-refractivity contribution < 1.29 is 5.21 Å². The van der Waals surface area contributed by atoms with Crippen molar-refractivity contribution >= 4 is 38.9 Å². The van der Waals surface area contributed by atoms with Crippen molar-refractivity contribution in [3.05, 3.63) is 28.7 Å². The molecule has 0 amide bonds. The summed E-state index contributed by atoms with van der Waals surface area (Å²) < 4.78 is 0.851. The molecule has 0 aliphatic carbocycles. The highest BCUT2D eigenvalue weighted by Gasteiger charge is 2.08. The number of hydroxylamine groups is 1. The molecule has 0 saturated carbocycles. The van der Waals surface area contributed by atoms with Crippen LogP contribution in [0.25, 0.3) is 0 Å². The Morgan fingerprint density at radius 1 is 1.44 bits per heavy atom. The van der Waals surface area contributed by atoms with Crippen molar-refractivity contribution in [3.63, 3.8) is 0 Å². The number of benzene rings is 1. The summed E-state index contributed by atoms with van der Waals surface area (Å²) in [4.78, 5) is 4.02. The molecule has 16 heavy (non-hydrogen) atoms. The number of aliphatic imine (C=N–C) groups is 1. The predicted octanol–water partition coefficient (Wildman–Crippen LogP) is 2.52. The second kappa shape index (κ2) is 5.53. The minimum Gasteiger partial charge on any atom is -0.303 e. The van der Waals surface area contributed by atoms with Crippen molar-refractivity contribution in [2.45, 2.75) is 6.92 Å². The molecule has 6 heteroatoms. The maximum Gasteiger partial charge on any atom is 0.177 e. The molecule has 1 aromatic carbocycles. The van der Waals surface area contributed by atoms with Gasteiger partial charge in [0.05, 0.1) is 11.4 Å². The molecule has 5 nitrogen and oxygen atoms in total. The molecule has 0 bridgehead atoms. The summed E-state index contributed by atoms with van der Waals surface area (Å²) in [5.41, 5.74) is 2.27. The molecule has 0 aromatic heterocycles. The first-order valence-corrected chi connectivity index (χ1v) is 5.22. The van der Waals surface area contributed by atoms with Crippen LogP contribution in [-0.2, 0) is 0 Å². The SMILES string of the molecule is CC(=N)C(=N)C(=Nc1cccc(Br)c1)NO. The van der Waals surface area contributed by atoms with Crippen LogP contribution in [0.2, 0.25) is 0 Å². The third kappa shape index (κ3) is 3.25. The number of nitrogens with one attached hydrogen (secondary N) is 3. The fourth-order valence-corrected chi connectivity index (χ4v) is 1.38. The molecule has 4 N–H and O–H groups in total. The van der Waals surface area contributed by atoms with E-state index in [1.54, 1.807) is 18.2 Å². The van der Waals surface area contributed by atoms with Gasteiger partial charge in [0.25, 0.3) is 0 Å². The third-order valence-corrected chi connectivity index (χ3v) is 2.26. The maximum absolute atomic E-state index is 8.85. The van der Waals surface area contributed by atoms with Crippen LogP contribution in [0.15, 0.2) is 33.7 Å². The van der Waals surface area contributed by atoms with E-state index in [4.69, 9.17) is 16.0 Å². The maximum atomic E-state index is 8.85. The standard InChI is InChI=1S/C10H11BrN4O/c1-6(12)9(13)10(15-16)14-8-4-2-3-7(11)5-8/h2-5,12-13,16H,1H3,(H,14,15). The van der Waals surface area contributed by atoms with Gasteiger partial charge in [0.1, 0.15) is 5.71 Å². The van der Waals surface area contributed by atoms with E-state index in [0.717, 1.165) is 4.47 Å². The molecule has 84 valence electrons. The summed E-state index contributed by atoms with van der Waals surface area (Å²) in [6.07, 6.45) is 0. The zero-order valence-electron chi connectivity index (χ0n) is 8.58. The Labute approximate surface area is 101 Å². The summed E-state index contributed by atoms with van der Waals surface area (Å²) in [5, 5.41) is 23.6. The van der Waals surface area contributed by atoms with E-state index in [2.05, 4.69) is 20.9 Å². The predicted molar refractivity (Wildman–Crippen MR) is 67.3 cm³/mol. The molecule has 0 aliphatic rings. The molecule has 1 rings (SSSR count). The quantitative estimate of drug-likeness (QED) is 0.390. The molecular weight excluding hydrogens is 272 g/mol. The average molecular weight is 283 g/mol. The van der Waals surface area contributed by atoms with Gasteiger partial charge in [-0.1, -0.05) is 22.0 Å². The smallest absolute Gasteiger partial charge is 0.177 e. The van der Waals surface area contributed by atoms with Crippen molar-refractivity contribution in [2.75, 3.05) is 0 Å². The van der Waals surface area contributed by atoms with Gasteiger partial charge in [-0.05, 0) is 25.1 Å². The van der Waals surface area contributed by atoms with Gasteiger partial charge >= 0.3 is 0 Å². The van der Waals surface area contributed by atoms with Crippen molar-refractivity contribution in [3.8, 4) is 0 Å². The number of hydrogen-bond donors (Lipinski definition) is 4. The lowest BCUT2D eigenvalue weighted by Gasteiger charge is -2.05. The fourth-order valence-electron chi connectivity index (χ4n) is 0.989. The molecule has 0 spiro atoms. The van der Waals surface area contributed by atoms with Gasteiger partial charge < -0.3 is 5.41 Å². The van der Waals surface area contributed by atoms with Crippen LogP contribution in [-0.4, -0.2) is 22.5 Å². The van der Waals surface area contributed by atoms with Crippen LogP contribution in [0.1, 0.15) is 6.92 Å². The summed E-state index contributed by atoms with van der Waals surface area (Å²) >= 11 is 3.29. The van der Waals surface area contributed by atoms with E-state index in [9.17, 15) is 0 Å². The molecule has 0 atom stereocenters.